The summed E-state index contributed by atoms with van der Waals surface area (Å²) in [6, 6.07) is 21.3. The fraction of sp³-hybridized carbons (Fsp3) is 0.250. The molecule has 3 heterocycles. The number of hydrogen-bond acceptors (Lipinski definition) is 4. The van der Waals surface area contributed by atoms with E-state index >= 15 is 0 Å². The Morgan fingerprint density at radius 3 is 2.52 bits per heavy atom. The fourth-order valence-corrected chi connectivity index (χ4v) is 6.49. The summed E-state index contributed by atoms with van der Waals surface area (Å²) in [5.41, 5.74) is 3.10. The van der Waals surface area contributed by atoms with Gasteiger partial charge in [0.1, 0.15) is 0 Å². The Kier molecular flexibility index (Phi) is 4.77. The van der Waals surface area contributed by atoms with Crippen molar-refractivity contribution in [2.45, 2.75) is 23.8 Å². The Balaban J connectivity index is 1.59. The third-order valence-corrected chi connectivity index (χ3v) is 8.09. The van der Waals surface area contributed by atoms with Gasteiger partial charge < -0.3 is 4.57 Å². The summed E-state index contributed by atoms with van der Waals surface area (Å²) in [5.74, 6) is 0.00348. The van der Waals surface area contributed by atoms with Gasteiger partial charge in [-0.05, 0) is 48.2 Å². The van der Waals surface area contributed by atoms with Gasteiger partial charge in [0.15, 0.2) is 0 Å². The van der Waals surface area contributed by atoms with E-state index in [0.29, 0.717) is 30.1 Å². The van der Waals surface area contributed by atoms with Crippen molar-refractivity contribution in [3.63, 3.8) is 0 Å². The first kappa shape index (κ1) is 19.7. The number of sulfonamides is 1. The number of pyridine rings is 1. The summed E-state index contributed by atoms with van der Waals surface area (Å²) in [6.07, 6.45) is 0.842. The number of nitriles is 1. The van der Waals surface area contributed by atoms with E-state index in [9.17, 15) is 18.5 Å². The van der Waals surface area contributed by atoms with Crippen LogP contribution in [0, 0.1) is 17.2 Å². The van der Waals surface area contributed by atoms with Crippen LogP contribution in [0.3, 0.4) is 0 Å². The van der Waals surface area contributed by atoms with E-state index in [0.717, 1.165) is 23.2 Å². The van der Waals surface area contributed by atoms with Crippen molar-refractivity contribution in [2.24, 2.45) is 5.92 Å². The van der Waals surface area contributed by atoms with Crippen molar-refractivity contribution in [3.8, 4) is 17.2 Å². The predicted octanol–water partition coefficient (Wildman–Crippen LogP) is 3.19. The number of nitrogens with zero attached hydrogens (tertiary/aromatic N) is 3. The highest BCUT2D eigenvalue weighted by Gasteiger charge is 2.40. The zero-order chi connectivity index (χ0) is 21.6. The van der Waals surface area contributed by atoms with E-state index in [-0.39, 0.29) is 17.4 Å². The van der Waals surface area contributed by atoms with Gasteiger partial charge in [-0.2, -0.15) is 9.57 Å². The number of aromatic nitrogens is 1. The Morgan fingerprint density at radius 2 is 1.74 bits per heavy atom. The van der Waals surface area contributed by atoms with E-state index in [4.69, 9.17) is 0 Å². The van der Waals surface area contributed by atoms with Crippen molar-refractivity contribution in [2.75, 3.05) is 13.1 Å². The number of fused-ring (bicyclic) bond motifs is 4. The molecule has 6 nitrogen and oxygen atoms in total. The lowest BCUT2D eigenvalue weighted by Gasteiger charge is -2.42. The van der Waals surface area contributed by atoms with Gasteiger partial charge in [0.05, 0.1) is 16.5 Å². The Bertz CT molecular complexity index is 1360. The van der Waals surface area contributed by atoms with Gasteiger partial charge in [-0.1, -0.05) is 30.3 Å². The molecule has 2 aromatic carbocycles. The van der Waals surface area contributed by atoms with Crippen LogP contribution in [0.2, 0.25) is 0 Å². The molecule has 0 spiro atoms. The van der Waals surface area contributed by atoms with Crippen LogP contribution >= 0.6 is 0 Å². The number of benzene rings is 2. The molecule has 0 N–H and O–H groups in total. The van der Waals surface area contributed by atoms with Crippen LogP contribution in [0.1, 0.15) is 23.6 Å². The lowest BCUT2D eigenvalue weighted by Crippen LogP contribution is -2.49. The molecule has 0 amide bonds. The molecule has 31 heavy (non-hydrogen) atoms. The molecule has 3 aromatic rings. The van der Waals surface area contributed by atoms with Crippen molar-refractivity contribution >= 4 is 10.0 Å². The summed E-state index contributed by atoms with van der Waals surface area (Å²) >= 11 is 0. The van der Waals surface area contributed by atoms with E-state index in [1.54, 1.807) is 57.4 Å². The molecule has 7 heteroatoms. The molecule has 0 aliphatic carbocycles. The lowest BCUT2D eigenvalue weighted by molar-refractivity contribution is 0.187. The van der Waals surface area contributed by atoms with E-state index in [1.165, 1.54) is 0 Å². The zero-order valence-electron chi connectivity index (χ0n) is 16.8. The number of rotatable bonds is 3. The molecule has 2 aliphatic rings. The maximum Gasteiger partial charge on any atom is 0.250 e. The van der Waals surface area contributed by atoms with Gasteiger partial charge in [0, 0.05) is 42.9 Å². The van der Waals surface area contributed by atoms with Crippen molar-refractivity contribution < 1.29 is 8.42 Å². The molecule has 5 rings (SSSR count). The third-order valence-electron chi connectivity index (χ3n) is 6.24. The SMILES string of the molecule is N#Cc1cccc(-c2ccc(=O)n3c2C2CC(CN(S(=O)(=O)c4ccccc4)C2)C3)c1. The zero-order valence-corrected chi connectivity index (χ0v) is 17.6. The summed E-state index contributed by atoms with van der Waals surface area (Å²) in [7, 11) is -3.60. The second-order valence-electron chi connectivity index (χ2n) is 8.21. The molecule has 0 saturated carbocycles. The molecular formula is C24H21N3O3S. The minimum absolute atomic E-state index is 0.0655. The van der Waals surface area contributed by atoms with Crippen molar-refractivity contribution in [3.05, 3.63) is 88.3 Å². The first-order chi connectivity index (χ1) is 15.0. The second kappa shape index (κ2) is 7.49. The minimum Gasteiger partial charge on any atom is -0.311 e. The van der Waals surface area contributed by atoms with Crippen LogP contribution in [0.5, 0.6) is 0 Å². The molecule has 0 radical (unpaired) electrons. The van der Waals surface area contributed by atoms with Crippen LogP contribution in [0.15, 0.2) is 76.4 Å². The molecule has 1 aromatic heterocycles. The van der Waals surface area contributed by atoms with Gasteiger partial charge in [0.2, 0.25) is 10.0 Å². The highest BCUT2D eigenvalue weighted by Crippen LogP contribution is 2.41. The van der Waals surface area contributed by atoms with Crippen molar-refractivity contribution in [1.82, 2.24) is 8.87 Å². The topological polar surface area (TPSA) is 83.2 Å². The summed E-state index contributed by atoms with van der Waals surface area (Å²) in [5, 5.41) is 9.29. The third kappa shape index (κ3) is 3.38. The Morgan fingerprint density at radius 1 is 0.935 bits per heavy atom. The van der Waals surface area contributed by atoms with Crippen LogP contribution in [-0.4, -0.2) is 30.4 Å². The minimum atomic E-state index is -3.60. The summed E-state index contributed by atoms with van der Waals surface area (Å²) in [6.45, 7) is 1.24. The van der Waals surface area contributed by atoms with Gasteiger partial charge in [-0.15, -0.1) is 0 Å². The normalized spacial score (nSPS) is 20.6. The largest absolute Gasteiger partial charge is 0.311 e. The van der Waals surface area contributed by atoms with Crippen molar-refractivity contribution in [1.29, 1.82) is 5.26 Å². The fourth-order valence-electron chi connectivity index (χ4n) is 4.91. The predicted molar refractivity (Wildman–Crippen MR) is 117 cm³/mol. The number of hydrogen-bond donors (Lipinski definition) is 0. The first-order valence-corrected chi connectivity index (χ1v) is 11.7. The molecule has 156 valence electrons. The number of piperidine rings is 1. The van der Waals surface area contributed by atoms with E-state index < -0.39 is 10.0 Å². The molecule has 2 atom stereocenters. The highest BCUT2D eigenvalue weighted by atomic mass is 32.2. The summed E-state index contributed by atoms with van der Waals surface area (Å²) < 4.78 is 29.9. The molecular weight excluding hydrogens is 410 g/mol. The quantitative estimate of drug-likeness (QED) is 0.638. The molecule has 2 aliphatic heterocycles. The molecule has 1 fully saturated rings. The van der Waals surface area contributed by atoms with Crippen LogP contribution in [0.4, 0.5) is 0 Å². The summed E-state index contributed by atoms with van der Waals surface area (Å²) in [4.78, 5) is 13.0. The van der Waals surface area contributed by atoms with Gasteiger partial charge >= 0.3 is 0 Å². The molecule has 1 saturated heterocycles. The standard InChI is InChI=1S/C24H21N3O3S/c25-13-17-5-4-6-19(11-17)22-9-10-23(28)27-15-18-12-20(24(22)27)16-26(14-18)31(29,30)21-7-2-1-3-8-21/h1-11,18,20H,12,14-16H2. The average Bonchev–Trinajstić information content (AvgIpc) is 2.80. The van der Waals surface area contributed by atoms with Gasteiger partial charge in [-0.3, -0.25) is 4.79 Å². The van der Waals surface area contributed by atoms with E-state index in [1.807, 2.05) is 18.2 Å². The molecule has 2 bridgehead atoms. The molecule has 2 unspecified atom stereocenters. The Hall–Kier alpha value is -3.21. The Labute approximate surface area is 181 Å². The maximum atomic E-state index is 13.3. The monoisotopic (exact) mass is 431 g/mol. The van der Waals surface area contributed by atoms with Crippen LogP contribution < -0.4 is 5.56 Å². The second-order valence-corrected chi connectivity index (χ2v) is 10.1. The van der Waals surface area contributed by atoms with Gasteiger partial charge in [0.25, 0.3) is 5.56 Å². The first-order valence-electron chi connectivity index (χ1n) is 10.3. The van der Waals surface area contributed by atoms with Crippen LogP contribution in [-0.2, 0) is 16.6 Å². The lowest BCUT2D eigenvalue weighted by atomic mass is 9.81. The van der Waals surface area contributed by atoms with Crippen LogP contribution in [0.25, 0.3) is 11.1 Å². The average molecular weight is 432 g/mol. The van der Waals surface area contributed by atoms with Gasteiger partial charge in [-0.25, -0.2) is 8.42 Å². The smallest absolute Gasteiger partial charge is 0.250 e. The maximum absolute atomic E-state index is 13.3. The van der Waals surface area contributed by atoms with E-state index in [2.05, 4.69) is 6.07 Å². The highest BCUT2D eigenvalue weighted by molar-refractivity contribution is 7.89.